The molecule has 2 heterocycles. The number of furan rings is 1. The minimum Gasteiger partial charge on any atom is -0.446 e. The zero-order valence-electron chi connectivity index (χ0n) is 13.0. The van der Waals surface area contributed by atoms with E-state index in [1.165, 1.54) is 31.4 Å². The van der Waals surface area contributed by atoms with Gasteiger partial charge in [0, 0.05) is 25.8 Å². The van der Waals surface area contributed by atoms with Gasteiger partial charge >= 0.3 is 0 Å². The summed E-state index contributed by atoms with van der Waals surface area (Å²) >= 11 is 0. The Bertz CT molecular complexity index is 780. The lowest BCUT2D eigenvalue weighted by Gasteiger charge is -2.23. The minimum atomic E-state index is -3.52. The zero-order valence-corrected chi connectivity index (χ0v) is 13.8. The monoisotopic (exact) mass is 320 g/mol. The third-order valence-corrected chi connectivity index (χ3v) is 5.74. The predicted molar refractivity (Wildman–Crippen MR) is 85.4 cm³/mol. The van der Waals surface area contributed by atoms with E-state index in [-0.39, 0.29) is 5.09 Å². The molecule has 1 aliphatic rings. The Kier molecular flexibility index (Phi) is 3.74. The fraction of sp³-hybridized carbons (Fsp3) is 0.375. The lowest BCUT2D eigenvalue weighted by Crippen LogP contribution is -2.28. The highest BCUT2D eigenvalue weighted by Gasteiger charge is 2.27. The van der Waals surface area contributed by atoms with E-state index in [9.17, 15) is 8.42 Å². The second kappa shape index (κ2) is 5.44. The van der Waals surface area contributed by atoms with Crippen LogP contribution in [0.1, 0.15) is 18.2 Å². The number of hydrogen-bond acceptors (Lipinski definition) is 4. The van der Waals surface area contributed by atoms with Gasteiger partial charge in [0.05, 0.1) is 6.54 Å². The molecule has 1 atom stereocenters. The molecule has 1 aromatic heterocycles. The molecule has 6 heteroatoms. The van der Waals surface area contributed by atoms with Gasteiger partial charge in [0.25, 0.3) is 10.0 Å². The van der Waals surface area contributed by atoms with Gasteiger partial charge in [0.15, 0.2) is 0 Å². The van der Waals surface area contributed by atoms with E-state index in [0.717, 1.165) is 10.7 Å². The van der Waals surface area contributed by atoms with Gasteiger partial charge in [-0.15, -0.1) is 0 Å². The smallest absolute Gasteiger partial charge is 0.275 e. The molecule has 3 rings (SSSR count). The highest BCUT2D eigenvalue weighted by molar-refractivity contribution is 7.88. The molecule has 0 unspecified atom stereocenters. The van der Waals surface area contributed by atoms with Crippen molar-refractivity contribution in [1.82, 2.24) is 4.31 Å². The zero-order chi connectivity index (χ0) is 15.9. The highest BCUT2D eigenvalue weighted by atomic mass is 32.2. The van der Waals surface area contributed by atoms with Crippen molar-refractivity contribution in [3.8, 4) is 0 Å². The summed E-state index contributed by atoms with van der Waals surface area (Å²) in [5.41, 5.74) is 2.52. The van der Waals surface area contributed by atoms with Crippen molar-refractivity contribution in [2.45, 2.75) is 31.0 Å². The van der Waals surface area contributed by atoms with Crippen LogP contribution in [-0.4, -0.2) is 32.9 Å². The molecule has 0 amide bonds. The first-order chi connectivity index (χ1) is 10.4. The van der Waals surface area contributed by atoms with Gasteiger partial charge in [0.2, 0.25) is 5.09 Å². The molecule has 118 valence electrons. The molecule has 0 saturated carbocycles. The molecule has 0 bridgehead atoms. The van der Waals surface area contributed by atoms with E-state index < -0.39 is 10.0 Å². The van der Waals surface area contributed by atoms with Crippen molar-refractivity contribution in [2.24, 2.45) is 0 Å². The van der Waals surface area contributed by atoms with E-state index >= 15 is 0 Å². The molecule has 1 aliphatic heterocycles. The van der Waals surface area contributed by atoms with Crippen molar-refractivity contribution in [3.63, 3.8) is 0 Å². The average molecular weight is 320 g/mol. The van der Waals surface area contributed by atoms with E-state index in [4.69, 9.17) is 4.42 Å². The van der Waals surface area contributed by atoms with Crippen LogP contribution in [0.5, 0.6) is 0 Å². The van der Waals surface area contributed by atoms with Crippen LogP contribution < -0.4 is 4.90 Å². The minimum absolute atomic E-state index is 0.00682. The number of fused-ring (bicyclic) bond motifs is 1. The van der Waals surface area contributed by atoms with Crippen LogP contribution in [0.15, 0.2) is 45.9 Å². The Morgan fingerprint density at radius 1 is 1.23 bits per heavy atom. The number of hydrogen-bond donors (Lipinski definition) is 0. The third kappa shape index (κ3) is 2.53. The number of nitrogens with zero attached hydrogens (tertiary/aromatic N) is 2. The quantitative estimate of drug-likeness (QED) is 0.868. The van der Waals surface area contributed by atoms with Crippen LogP contribution >= 0.6 is 0 Å². The van der Waals surface area contributed by atoms with E-state index in [0.29, 0.717) is 18.3 Å². The Hall–Kier alpha value is -1.79. The van der Waals surface area contributed by atoms with Gasteiger partial charge in [-0.1, -0.05) is 18.2 Å². The first-order valence-corrected chi connectivity index (χ1v) is 8.69. The van der Waals surface area contributed by atoms with Crippen molar-refractivity contribution >= 4 is 15.7 Å². The van der Waals surface area contributed by atoms with Crippen LogP contribution in [0.25, 0.3) is 0 Å². The van der Waals surface area contributed by atoms with Crippen LogP contribution in [-0.2, 0) is 23.0 Å². The summed E-state index contributed by atoms with van der Waals surface area (Å²) in [5.74, 6) is 0.656. The molecule has 2 aromatic rings. The molecule has 1 aromatic carbocycles. The van der Waals surface area contributed by atoms with Crippen LogP contribution in [0.3, 0.4) is 0 Å². The first kappa shape index (κ1) is 15.1. The summed E-state index contributed by atoms with van der Waals surface area (Å²) in [6, 6.07) is 11.9. The maximum Gasteiger partial charge on any atom is 0.275 e. The normalized spacial score (nSPS) is 18.0. The first-order valence-electron chi connectivity index (χ1n) is 7.25. The summed E-state index contributed by atoms with van der Waals surface area (Å²) in [6.45, 7) is 2.74. The number of para-hydroxylation sites is 1. The Labute approximate surface area is 131 Å². The van der Waals surface area contributed by atoms with Gasteiger partial charge in [-0.3, -0.25) is 0 Å². The summed E-state index contributed by atoms with van der Waals surface area (Å²) in [4.78, 5) is 2.25. The maximum atomic E-state index is 12.1. The van der Waals surface area contributed by atoms with Gasteiger partial charge < -0.3 is 9.32 Å². The summed E-state index contributed by atoms with van der Waals surface area (Å²) < 4.78 is 30.8. The van der Waals surface area contributed by atoms with Gasteiger partial charge in [-0.05, 0) is 37.1 Å². The summed E-state index contributed by atoms with van der Waals surface area (Å²) in [6.07, 6.45) is 1.000. The summed E-state index contributed by atoms with van der Waals surface area (Å²) in [5, 5.41) is -0.00682. The molecule has 5 nitrogen and oxygen atoms in total. The molecule has 0 aliphatic carbocycles. The molecular weight excluding hydrogens is 300 g/mol. The Morgan fingerprint density at radius 3 is 2.68 bits per heavy atom. The SMILES string of the molecule is C[C@H]1Cc2ccccc2N1Cc1ccc(S(=O)(=O)N(C)C)o1. The molecule has 0 saturated heterocycles. The molecule has 0 radical (unpaired) electrons. The molecule has 0 fully saturated rings. The second-order valence-electron chi connectivity index (χ2n) is 5.82. The van der Waals surface area contributed by atoms with Crippen LogP contribution in [0.4, 0.5) is 5.69 Å². The maximum absolute atomic E-state index is 12.1. The van der Waals surface area contributed by atoms with Crippen molar-refractivity contribution in [2.75, 3.05) is 19.0 Å². The van der Waals surface area contributed by atoms with Gasteiger partial charge in [-0.25, -0.2) is 12.7 Å². The van der Waals surface area contributed by atoms with E-state index in [2.05, 4.69) is 24.0 Å². The largest absolute Gasteiger partial charge is 0.446 e. The van der Waals surface area contributed by atoms with E-state index in [1.54, 1.807) is 6.07 Å². The number of rotatable bonds is 4. The van der Waals surface area contributed by atoms with Crippen molar-refractivity contribution in [1.29, 1.82) is 0 Å². The predicted octanol–water partition coefficient (Wildman–Crippen LogP) is 2.48. The Balaban J connectivity index is 1.85. The number of sulfonamides is 1. The summed E-state index contributed by atoms with van der Waals surface area (Å²) in [7, 11) is -0.523. The van der Waals surface area contributed by atoms with E-state index in [1.807, 2.05) is 12.1 Å². The number of benzene rings is 1. The fourth-order valence-electron chi connectivity index (χ4n) is 2.80. The topological polar surface area (TPSA) is 53.8 Å². The Morgan fingerprint density at radius 2 is 1.95 bits per heavy atom. The standard InChI is InChI=1S/C16H20N2O3S/c1-12-10-13-6-4-5-7-15(13)18(12)11-14-8-9-16(21-14)22(19,20)17(2)3/h4-9,12H,10-11H2,1-3H3/t12-/m0/s1. The third-order valence-electron chi connectivity index (χ3n) is 4.05. The highest BCUT2D eigenvalue weighted by Crippen LogP contribution is 2.33. The van der Waals surface area contributed by atoms with Crippen LogP contribution in [0.2, 0.25) is 0 Å². The average Bonchev–Trinajstić information content (AvgIpc) is 3.05. The second-order valence-corrected chi connectivity index (χ2v) is 7.90. The molecular formula is C16H20N2O3S. The van der Waals surface area contributed by atoms with Crippen molar-refractivity contribution in [3.05, 3.63) is 47.7 Å². The van der Waals surface area contributed by atoms with Crippen LogP contribution in [0, 0.1) is 0 Å². The van der Waals surface area contributed by atoms with Gasteiger partial charge in [0.1, 0.15) is 5.76 Å². The van der Waals surface area contributed by atoms with Gasteiger partial charge in [-0.2, -0.15) is 0 Å². The fourth-order valence-corrected chi connectivity index (χ4v) is 3.61. The van der Waals surface area contributed by atoms with Crippen molar-refractivity contribution < 1.29 is 12.8 Å². The number of anilines is 1. The lowest BCUT2D eigenvalue weighted by atomic mass is 10.1. The lowest BCUT2D eigenvalue weighted by molar-refractivity contribution is 0.394. The molecule has 22 heavy (non-hydrogen) atoms. The molecule has 0 spiro atoms. The molecule has 0 N–H and O–H groups in total.